The Hall–Kier alpha value is -3.03. The van der Waals surface area contributed by atoms with Crippen molar-refractivity contribution in [3.8, 4) is 0 Å². The SMILES string of the molecule is CC(C)(C)C(=O)Nc1cccc(C(=O)NNc2ccccc2C(F)(F)F)c1. The van der Waals surface area contributed by atoms with Crippen LogP contribution in [0.15, 0.2) is 48.5 Å². The summed E-state index contributed by atoms with van der Waals surface area (Å²) < 4.78 is 38.9. The number of carbonyl (C=O) groups excluding carboxylic acids is 2. The van der Waals surface area contributed by atoms with E-state index < -0.39 is 23.1 Å². The lowest BCUT2D eigenvalue weighted by molar-refractivity contribution is -0.137. The van der Waals surface area contributed by atoms with Crippen LogP contribution in [0.2, 0.25) is 0 Å². The monoisotopic (exact) mass is 379 g/mol. The fourth-order valence-corrected chi connectivity index (χ4v) is 2.09. The number of amides is 2. The van der Waals surface area contributed by atoms with Crippen LogP contribution in [0.3, 0.4) is 0 Å². The van der Waals surface area contributed by atoms with Crippen molar-refractivity contribution in [2.75, 3.05) is 10.7 Å². The average Bonchev–Trinajstić information content (AvgIpc) is 2.58. The quantitative estimate of drug-likeness (QED) is 0.688. The molecule has 144 valence electrons. The maximum absolute atomic E-state index is 13.0. The first-order valence-corrected chi connectivity index (χ1v) is 8.12. The summed E-state index contributed by atoms with van der Waals surface area (Å²) in [5, 5.41) is 2.69. The van der Waals surface area contributed by atoms with E-state index in [4.69, 9.17) is 0 Å². The topological polar surface area (TPSA) is 70.2 Å². The molecule has 0 aromatic heterocycles. The number of hydrazine groups is 1. The lowest BCUT2D eigenvalue weighted by Crippen LogP contribution is -2.31. The van der Waals surface area contributed by atoms with Gasteiger partial charge in [0, 0.05) is 16.7 Å². The Kier molecular flexibility index (Phi) is 5.78. The van der Waals surface area contributed by atoms with E-state index in [0.717, 1.165) is 6.07 Å². The lowest BCUT2D eigenvalue weighted by Gasteiger charge is -2.18. The van der Waals surface area contributed by atoms with Crippen molar-refractivity contribution in [3.63, 3.8) is 0 Å². The lowest BCUT2D eigenvalue weighted by atomic mass is 9.95. The minimum absolute atomic E-state index is 0.179. The molecule has 2 amide bonds. The number of carbonyl (C=O) groups is 2. The molecule has 0 aliphatic carbocycles. The van der Waals surface area contributed by atoms with E-state index in [1.807, 2.05) is 0 Å². The van der Waals surface area contributed by atoms with E-state index in [0.29, 0.717) is 5.69 Å². The molecule has 5 nitrogen and oxygen atoms in total. The van der Waals surface area contributed by atoms with Crippen LogP contribution in [0.5, 0.6) is 0 Å². The maximum atomic E-state index is 13.0. The Balaban J connectivity index is 2.10. The fourth-order valence-electron chi connectivity index (χ4n) is 2.09. The van der Waals surface area contributed by atoms with E-state index in [-0.39, 0.29) is 17.2 Å². The van der Waals surface area contributed by atoms with Crippen molar-refractivity contribution in [1.29, 1.82) is 0 Å². The van der Waals surface area contributed by atoms with Crippen molar-refractivity contribution in [2.45, 2.75) is 26.9 Å². The molecule has 8 heteroatoms. The molecule has 3 N–H and O–H groups in total. The van der Waals surface area contributed by atoms with Gasteiger partial charge in [-0.3, -0.25) is 20.4 Å². The molecular formula is C19H20F3N3O2. The third-order valence-electron chi connectivity index (χ3n) is 3.61. The van der Waals surface area contributed by atoms with Gasteiger partial charge in [0.25, 0.3) is 5.91 Å². The predicted octanol–water partition coefficient (Wildman–Crippen LogP) is 4.45. The second-order valence-electron chi connectivity index (χ2n) is 6.91. The van der Waals surface area contributed by atoms with E-state index in [1.165, 1.54) is 30.3 Å². The van der Waals surface area contributed by atoms with Crippen LogP contribution in [-0.2, 0) is 11.0 Å². The van der Waals surface area contributed by atoms with Gasteiger partial charge in [0.15, 0.2) is 0 Å². The van der Waals surface area contributed by atoms with Crippen molar-refractivity contribution in [3.05, 3.63) is 59.7 Å². The maximum Gasteiger partial charge on any atom is 0.418 e. The number of anilines is 2. The van der Waals surface area contributed by atoms with Gasteiger partial charge in [-0.05, 0) is 30.3 Å². The highest BCUT2D eigenvalue weighted by molar-refractivity contribution is 5.98. The summed E-state index contributed by atoms with van der Waals surface area (Å²) in [5.41, 5.74) is 3.36. The Bertz CT molecular complexity index is 843. The normalized spacial score (nSPS) is 11.6. The van der Waals surface area contributed by atoms with Gasteiger partial charge in [-0.2, -0.15) is 13.2 Å². The van der Waals surface area contributed by atoms with Gasteiger partial charge in [-0.25, -0.2) is 0 Å². The standard InChI is InChI=1S/C19H20F3N3O2/c1-18(2,3)17(27)23-13-8-6-7-12(11-13)16(26)25-24-15-10-5-4-9-14(15)19(20,21)22/h4-11,24H,1-3H3,(H,23,27)(H,25,26). The zero-order chi connectivity index (χ0) is 20.2. The second-order valence-corrected chi connectivity index (χ2v) is 6.91. The summed E-state index contributed by atoms with van der Waals surface area (Å²) in [4.78, 5) is 24.3. The molecule has 0 saturated carbocycles. The van der Waals surface area contributed by atoms with Gasteiger partial charge in [-0.15, -0.1) is 0 Å². The number of nitrogens with one attached hydrogen (secondary N) is 3. The number of hydrogen-bond acceptors (Lipinski definition) is 3. The van der Waals surface area contributed by atoms with E-state index in [9.17, 15) is 22.8 Å². The van der Waals surface area contributed by atoms with E-state index in [2.05, 4.69) is 16.2 Å². The molecule has 0 unspecified atom stereocenters. The molecule has 2 aromatic rings. The van der Waals surface area contributed by atoms with Crippen LogP contribution in [-0.4, -0.2) is 11.8 Å². The van der Waals surface area contributed by atoms with Gasteiger partial charge in [-0.1, -0.05) is 39.0 Å². The largest absolute Gasteiger partial charge is 0.418 e. The Morgan fingerprint density at radius 1 is 0.926 bits per heavy atom. The summed E-state index contributed by atoms with van der Waals surface area (Å²) in [6, 6.07) is 10.9. The van der Waals surface area contributed by atoms with E-state index in [1.54, 1.807) is 32.9 Å². The van der Waals surface area contributed by atoms with E-state index >= 15 is 0 Å². The molecule has 0 saturated heterocycles. The zero-order valence-electron chi connectivity index (χ0n) is 15.1. The number of para-hydroxylation sites is 1. The zero-order valence-corrected chi connectivity index (χ0v) is 15.1. The Morgan fingerprint density at radius 3 is 2.22 bits per heavy atom. The molecule has 0 spiro atoms. The fraction of sp³-hybridized carbons (Fsp3) is 0.263. The van der Waals surface area contributed by atoms with Gasteiger partial charge in [0.1, 0.15) is 0 Å². The van der Waals surface area contributed by atoms with Crippen LogP contribution in [0, 0.1) is 5.41 Å². The molecule has 0 aliphatic rings. The molecule has 0 atom stereocenters. The number of hydrogen-bond donors (Lipinski definition) is 3. The molecule has 0 fully saturated rings. The van der Waals surface area contributed by atoms with Gasteiger partial charge in [0.2, 0.25) is 5.91 Å². The predicted molar refractivity (Wildman–Crippen MR) is 97.1 cm³/mol. The van der Waals surface area contributed by atoms with Crippen LogP contribution < -0.4 is 16.2 Å². The summed E-state index contributed by atoms with van der Waals surface area (Å²) in [6.45, 7) is 5.25. The Morgan fingerprint density at radius 2 is 1.59 bits per heavy atom. The van der Waals surface area contributed by atoms with Crippen molar-refractivity contribution in [2.24, 2.45) is 5.41 Å². The number of halogens is 3. The molecule has 0 heterocycles. The van der Waals surface area contributed by atoms with Gasteiger partial charge < -0.3 is 5.32 Å². The first-order valence-electron chi connectivity index (χ1n) is 8.12. The minimum Gasteiger partial charge on any atom is -0.326 e. The highest BCUT2D eigenvalue weighted by Crippen LogP contribution is 2.34. The first kappa shape index (κ1) is 20.3. The molecule has 0 radical (unpaired) electrons. The highest BCUT2D eigenvalue weighted by Gasteiger charge is 2.33. The molecule has 2 aromatic carbocycles. The third-order valence-corrected chi connectivity index (χ3v) is 3.61. The van der Waals surface area contributed by atoms with Crippen molar-refractivity contribution in [1.82, 2.24) is 5.43 Å². The van der Waals surface area contributed by atoms with Gasteiger partial charge in [0.05, 0.1) is 11.3 Å². The van der Waals surface area contributed by atoms with Crippen molar-refractivity contribution < 1.29 is 22.8 Å². The number of alkyl halides is 3. The summed E-state index contributed by atoms with van der Waals surface area (Å²) in [6.07, 6.45) is -4.55. The first-order chi connectivity index (χ1) is 12.5. The van der Waals surface area contributed by atoms with Gasteiger partial charge >= 0.3 is 6.18 Å². The second kappa shape index (κ2) is 7.69. The summed E-state index contributed by atoms with van der Waals surface area (Å²) in [5.74, 6) is -0.865. The number of benzene rings is 2. The summed E-state index contributed by atoms with van der Waals surface area (Å²) in [7, 11) is 0. The molecule has 2 rings (SSSR count). The number of rotatable bonds is 4. The van der Waals surface area contributed by atoms with Crippen LogP contribution in [0.25, 0.3) is 0 Å². The molecule has 27 heavy (non-hydrogen) atoms. The van der Waals surface area contributed by atoms with Crippen molar-refractivity contribution >= 4 is 23.2 Å². The minimum atomic E-state index is -4.55. The molecule has 0 aliphatic heterocycles. The average molecular weight is 379 g/mol. The van der Waals surface area contributed by atoms with Crippen LogP contribution in [0.1, 0.15) is 36.7 Å². The third kappa shape index (κ3) is 5.47. The van der Waals surface area contributed by atoms with Crippen LogP contribution >= 0.6 is 0 Å². The molecule has 0 bridgehead atoms. The summed E-state index contributed by atoms with van der Waals surface area (Å²) >= 11 is 0. The highest BCUT2D eigenvalue weighted by atomic mass is 19.4. The van der Waals surface area contributed by atoms with Crippen LogP contribution in [0.4, 0.5) is 24.5 Å². The molecular weight excluding hydrogens is 359 g/mol. The smallest absolute Gasteiger partial charge is 0.326 e. The Labute approximate surface area is 154 Å².